The van der Waals surface area contributed by atoms with Gasteiger partial charge in [-0.25, -0.2) is 4.79 Å². The summed E-state index contributed by atoms with van der Waals surface area (Å²) in [6.07, 6.45) is 3.70. The number of carbonyl (C=O) groups excluding carboxylic acids is 1. The third kappa shape index (κ3) is 5.47. The third-order valence-corrected chi connectivity index (χ3v) is 5.00. The number of hydrogen-bond donors (Lipinski definition) is 5. The van der Waals surface area contributed by atoms with E-state index < -0.39 is 0 Å². The van der Waals surface area contributed by atoms with Gasteiger partial charge in [0, 0.05) is 36.8 Å². The molecule has 0 aliphatic carbocycles. The van der Waals surface area contributed by atoms with Crippen molar-refractivity contribution in [1.82, 2.24) is 25.8 Å². The molecule has 1 aromatic carbocycles. The predicted molar refractivity (Wildman–Crippen MR) is 109 cm³/mol. The van der Waals surface area contributed by atoms with Gasteiger partial charge in [0.25, 0.3) is 0 Å². The van der Waals surface area contributed by atoms with Crippen LogP contribution in [-0.4, -0.2) is 54.5 Å². The van der Waals surface area contributed by atoms with Crippen LogP contribution in [0.1, 0.15) is 31.4 Å². The Hall–Kier alpha value is -2.54. The maximum Gasteiger partial charge on any atom is 0.315 e. The van der Waals surface area contributed by atoms with Crippen molar-refractivity contribution in [3.05, 3.63) is 36.0 Å². The number of likely N-dealkylation sites (tertiary alicyclic amines) is 1. The van der Waals surface area contributed by atoms with Gasteiger partial charge >= 0.3 is 6.03 Å². The molecule has 1 aliphatic heterocycles. The number of aromatic amines is 1. The van der Waals surface area contributed by atoms with E-state index in [9.17, 15) is 4.79 Å². The van der Waals surface area contributed by atoms with E-state index in [1.165, 1.54) is 0 Å². The number of amidine groups is 1. The Labute approximate surface area is 160 Å². The standard InChI is InChI=1S/C20H30N6O/c1-22-10-4-9-19(21)26-11-5-7-16(14-26)25-20(27)23-13-17-12-15-6-2-3-8-18(15)24-17/h2-3,6,8,12,16,21-22,24H,4-5,7,9-11,13-14H2,1H3,(H2,23,25,27). The molecule has 1 atom stereocenters. The van der Waals surface area contributed by atoms with Crippen molar-refractivity contribution in [2.45, 2.75) is 38.3 Å². The van der Waals surface area contributed by atoms with Crippen molar-refractivity contribution >= 4 is 22.8 Å². The molecular formula is C20H30N6O. The molecule has 0 radical (unpaired) electrons. The highest BCUT2D eigenvalue weighted by Crippen LogP contribution is 2.15. The van der Waals surface area contributed by atoms with Crippen molar-refractivity contribution in [2.75, 3.05) is 26.7 Å². The number of para-hydroxylation sites is 1. The first-order valence-corrected chi connectivity index (χ1v) is 9.73. The van der Waals surface area contributed by atoms with Crippen LogP contribution in [0.3, 0.4) is 0 Å². The Balaban J connectivity index is 1.43. The molecule has 2 heterocycles. The number of carbonyl (C=O) groups is 1. The Kier molecular flexibility index (Phi) is 6.70. The SMILES string of the molecule is CNCCCC(=N)N1CCCC(NC(=O)NCc2cc3ccccc3[nH]2)C1. The second-order valence-corrected chi connectivity index (χ2v) is 7.15. The molecule has 27 heavy (non-hydrogen) atoms. The number of benzene rings is 1. The number of aromatic nitrogens is 1. The lowest BCUT2D eigenvalue weighted by molar-refractivity contribution is 0.223. The quantitative estimate of drug-likeness (QED) is 0.294. The molecule has 1 aliphatic rings. The maximum atomic E-state index is 12.3. The fourth-order valence-electron chi connectivity index (χ4n) is 3.57. The number of hydrogen-bond acceptors (Lipinski definition) is 3. The summed E-state index contributed by atoms with van der Waals surface area (Å²) in [6, 6.07) is 10.1. The number of H-pyrrole nitrogens is 1. The average molecular weight is 371 g/mol. The molecule has 3 rings (SSSR count). The number of urea groups is 1. The summed E-state index contributed by atoms with van der Waals surface area (Å²) in [5, 5.41) is 18.5. The van der Waals surface area contributed by atoms with Crippen LogP contribution in [-0.2, 0) is 6.54 Å². The molecule has 7 nitrogen and oxygen atoms in total. The van der Waals surface area contributed by atoms with Crippen molar-refractivity contribution in [2.24, 2.45) is 0 Å². The molecule has 1 fully saturated rings. The van der Waals surface area contributed by atoms with Crippen LogP contribution >= 0.6 is 0 Å². The lowest BCUT2D eigenvalue weighted by atomic mass is 10.1. The van der Waals surface area contributed by atoms with Gasteiger partial charge in [0.1, 0.15) is 0 Å². The first-order chi connectivity index (χ1) is 13.2. The van der Waals surface area contributed by atoms with E-state index in [0.717, 1.165) is 61.9 Å². The third-order valence-electron chi connectivity index (χ3n) is 5.00. The number of piperidine rings is 1. The molecule has 2 aromatic rings. The summed E-state index contributed by atoms with van der Waals surface area (Å²) in [4.78, 5) is 17.7. The second kappa shape index (κ2) is 9.41. The lowest BCUT2D eigenvalue weighted by Crippen LogP contribution is -2.51. The second-order valence-electron chi connectivity index (χ2n) is 7.15. The molecule has 146 valence electrons. The summed E-state index contributed by atoms with van der Waals surface area (Å²) in [6.45, 7) is 3.02. The van der Waals surface area contributed by atoms with Gasteiger partial charge in [0.2, 0.25) is 0 Å². The highest BCUT2D eigenvalue weighted by molar-refractivity contribution is 5.81. The minimum Gasteiger partial charge on any atom is -0.358 e. The molecule has 5 N–H and O–H groups in total. The van der Waals surface area contributed by atoms with Gasteiger partial charge in [0.15, 0.2) is 0 Å². The molecular weight excluding hydrogens is 340 g/mol. The van der Waals surface area contributed by atoms with Crippen LogP contribution < -0.4 is 16.0 Å². The minimum absolute atomic E-state index is 0.0890. The van der Waals surface area contributed by atoms with Crippen LogP contribution in [0.15, 0.2) is 30.3 Å². The zero-order valence-corrected chi connectivity index (χ0v) is 16.0. The lowest BCUT2D eigenvalue weighted by Gasteiger charge is -2.34. The van der Waals surface area contributed by atoms with E-state index in [2.05, 4.69) is 38.0 Å². The largest absolute Gasteiger partial charge is 0.358 e. The van der Waals surface area contributed by atoms with Crippen molar-refractivity contribution < 1.29 is 4.79 Å². The Morgan fingerprint density at radius 3 is 3.04 bits per heavy atom. The number of amides is 2. The molecule has 1 aromatic heterocycles. The molecule has 0 spiro atoms. The number of fused-ring (bicyclic) bond motifs is 1. The monoisotopic (exact) mass is 370 g/mol. The van der Waals surface area contributed by atoms with Gasteiger partial charge in [-0.15, -0.1) is 0 Å². The van der Waals surface area contributed by atoms with Gasteiger partial charge in [-0.2, -0.15) is 0 Å². The fourth-order valence-corrected chi connectivity index (χ4v) is 3.57. The zero-order chi connectivity index (χ0) is 19.1. The smallest absolute Gasteiger partial charge is 0.315 e. The maximum absolute atomic E-state index is 12.3. The van der Waals surface area contributed by atoms with Gasteiger partial charge in [0.05, 0.1) is 12.4 Å². The predicted octanol–water partition coefficient (Wildman–Crippen LogP) is 2.41. The average Bonchev–Trinajstić information content (AvgIpc) is 3.10. The molecule has 7 heteroatoms. The van der Waals surface area contributed by atoms with Crippen LogP contribution in [0, 0.1) is 5.41 Å². The van der Waals surface area contributed by atoms with Crippen molar-refractivity contribution in [3.8, 4) is 0 Å². The Morgan fingerprint density at radius 2 is 2.22 bits per heavy atom. The summed E-state index contributed by atoms with van der Waals surface area (Å²) in [5.74, 6) is 0.676. The topological polar surface area (TPSA) is 96.0 Å². The normalized spacial score (nSPS) is 17.1. The Morgan fingerprint density at radius 1 is 1.37 bits per heavy atom. The van der Waals surface area contributed by atoms with Gasteiger partial charge < -0.3 is 25.8 Å². The molecule has 1 unspecified atom stereocenters. The molecule has 2 amide bonds. The van der Waals surface area contributed by atoms with Gasteiger partial charge in [-0.1, -0.05) is 18.2 Å². The zero-order valence-electron chi connectivity index (χ0n) is 16.0. The van der Waals surface area contributed by atoms with Crippen LogP contribution in [0.25, 0.3) is 10.9 Å². The van der Waals surface area contributed by atoms with E-state index in [0.29, 0.717) is 12.4 Å². The van der Waals surface area contributed by atoms with Crippen molar-refractivity contribution in [3.63, 3.8) is 0 Å². The van der Waals surface area contributed by atoms with Gasteiger partial charge in [-0.3, -0.25) is 5.41 Å². The summed E-state index contributed by atoms with van der Waals surface area (Å²) in [7, 11) is 1.93. The van der Waals surface area contributed by atoms with E-state index in [1.807, 2.05) is 25.2 Å². The minimum atomic E-state index is -0.151. The summed E-state index contributed by atoms with van der Waals surface area (Å²) >= 11 is 0. The summed E-state index contributed by atoms with van der Waals surface area (Å²) in [5.41, 5.74) is 2.07. The summed E-state index contributed by atoms with van der Waals surface area (Å²) < 4.78 is 0. The van der Waals surface area contributed by atoms with Crippen LogP contribution in [0.2, 0.25) is 0 Å². The van der Waals surface area contributed by atoms with Crippen LogP contribution in [0.4, 0.5) is 4.79 Å². The number of nitrogens with zero attached hydrogens (tertiary/aromatic N) is 1. The number of rotatable bonds is 7. The molecule has 1 saturated heterocycles. The van der Waals surface area contributed by atoms with E-state index in [1.54, 1.807) is 0 Å². The van der Waals surface area contributed by atoms with Crippen LogP contribution in [0.5, 0.6) is 0 Å². The first-order valence-electron chi connectivity index (χ1n) is 9.73. The van der Waals surface area contributed by atoms with E-state index >= 15 is 0 Å². The fraction of sp³-hybridized carbons (Fsp3) is 0.500. The highest BCUT2D eigenvalue weighted by Gasteiger charge is 2.22. The van der Waals surface area contributed by atoms with Crippen molar-refractivity contribution in [1.29, 1.82) is 5.41 Å². The highest BCUT2D eigenvalue weighted by atomic mass is 16.2. The number of nitrogens with one attached hydrogen (secondary N) is 5. The Bertz CT molecular complexity index is 738. The van der Waals surface area contributed by atoms with E-state index in [-0.39, 0.29) is 12.1 Å². The molecule has 0 bridgehead atoms. The molecule has 0 saturated carbocycles. The first kappa shape index (κ1) is 19.2. The van der Waals surface area contributed by atoms with Gasteiger partial charge in [-0.05, 0) is 50.4 Å². The van der Waals surface area contributed by atoms with E-state index in [4.69, 9.17) is 5.41 Å².